The standard InChI is InChI=1S/C13H8FIO2/c14-10-5-9(8-16)6-13(7-10)17-12-3-1-11(15)2-4-12/h1-8H. The fourth-order valence-corrected chi connectivity index (χ4v) is 1.71. The zero-order valence-corrected chi connectivity index (χ0v) is 10.8. The number of ether oxygens (including phenoxy) is 1. The molecule has 0 aliphatic carbocycles. The van der Waals surface area contributed by atoms with Gasteiger partial charge in [0.1, 0.15) is 23.6 Å². The maximum Gasteiger partial charge on any atom is 0.150 e. The number of rotatable bonds is 3. The Morgan fingerprint density at radius 1 is 1.06 bits per heavy atom. The zero-order chi connectivity index (χ0) is 12.3. The van der Waals surface area contributed by atoms with Crippen molar-refractivity contribution in [1.29, 1.82) is 0 Å². The summed E-state index contributed by atoms with van der Waals surface area (Å²) in [6.45, 7) is 0. The summed E-state index contributed by atoms with van der Waals surface area (Å²) in [5.74, 6) is 0.427. The van der Waals surface area contributed by atoms with E-state index in [4.69, 9.17) is 4.74 Å². The van der Waals surface area contributed by atoms with Gasteiger partial charge in [-0.2, -0.15) is 0 Å². The normalized spacial score (nSPS) is 10.0. The third-order valence-corrected chi connectivity index (χ3v) is 2.80. The van der Waals surface area contributed by atoms with E-state index < -0.39 is 5.82 Å². The van der Waals surface area contributed by atoms with Gasteiger partial charge in [0.25, 0.3) is 0 Å². The van der Waals surface area contributed by atoms with Crippen molar-refractivity contribution in [2.24, 2.45) is 0 Å². The number of benzene rings is 2. The van der Waals surface area contributed by atoms with Crippen molar-refractivity contribution in [1.82, 2.24) is 0 Å². The lowest BCUT2D eigenvalue weighted by Crippen LogP contribution is -1.89. The van der Waals surface area contributed by atoms with Gasteiger partial charge in [0, 0.05) is 15.2 Å². The number of halogens is 2. The van der Waals surface area contributed by atoms with Gasteiger partial charge in [0.05, 0.1) is 0 Å². The van der Waals surface area contributed by atoms with Crippen LogP contribution in [0.5, 0.6) is 11.5 Å². The van der Waals surface area contributed by atoms with Crippen LogP contribution in [0.1, 0.15) is 10.4 Å². The molecule has 0 heterocycles. The highest BCUT2D eigenvalue weighted by Crippen LogP contribution is 2.23. The Morgan fingerprint density at radius 3 is 2.41 bits per heavy atom. The van der Waals surface area contributed by atoms with E-state index in [9.17, 15) is 9.18 Å². The molecule has 0 spiro atoms. The molecule has 0 aliphatic rings. The van der Waals surface area contributed by atoms with E-state index in [2.05, 4.69) is 22.6 Å². The van der Waals surface area contributed by atoms with Crippen LogP contribution in [0.25, 0.3) is 0 Å². The lowest BCUT2D eigenvalue weighted by Gasteiger charge is -2.06. The molecule has 17 heavy (non-hydrogen) atoms. The summed E-state index contributed by atoms with van der Waals surface area (Å²) in [4.78, 5) is 10.6. The minimum atomic E-state index is -0.491. The first-order valence-electron chi connectivity index (χ1n) is 4.86. The Bertz CT molecular complexity index is 538. The molecule has 2 rings (SSSR count). The van der Waals surface area contributed by atoms with E-state index in [1.54, 1.807) is 12.1 Å². The first-order valence-corrected chi connectivity index (χ1v) is 5.94. The summed E-state index contributed by atoms with van der Waals surface area (Å²) in [6.07, 6.45) is 0.587. The zero-order valence-electron chi connectivity index (χ0n) is 8.69. The van der Waals surface area contributed by atoms with Gasteiger partial charge in [0.2, 0.25) is 0 Å². The predicted octanol–water partition coefficient (Wildman–Crippen LogP) is 4.04. The largest absolute Gasteiger partial charge is 0.457 e. The van der Waals surface area contributed by atoms with Crippen molar-refractivity contribution in [2.75, 3.05) is 0 Å². The third kappa shape index (κ3) is 3.26. The van der Waals surface area contributed by atoms with Crippen LogP contribution in [-0.2, 0) is 0 Å². The van der Waals surface area contributed by atoms with E-state index in [-0.39, 0.29) is 5.56 Å². The summed E-state index contributed by atoms with van der Waals surface area (Å²) >= 11 is 2.18. The van der Waals surface area contributed by atoms with Crippen LogP contribution < -0.4 is 4.74 Å². The molecule has 0 saturated carbocycles. The highest BCUT2D eigenvalue weighted by molar-refractivity contribution is 14.1. The molecule has 0 N–H and O–H groups in total. The molecule has 0 aliphatic heterocycles. The Hall–Kier alpha value is -1.43. The second kappa shape index (κ2) is 5.27. The SMILES string of the molecule is O=Cc1cc(F)cc(Oc2ccc(I)cc2)c1. The van der Waals surface area contributed by atoms with E-state index in [1.165, 1.54) is 12.1 Å². The van der Waals surface area contributed by atoms with Crippen LogP contribution in [0.3, 0.4) is 0 Å². The number of hydrogen-bond acceptors (Lipinski definition) is 2. The van der Waals surface area contributed by atoms with E-state index in [0.717, 1.165) is 9.64 Å². The molecule has 86 valence electrons. The molecule has 0 unspecified atom stereocenters. The molecule has 2 aromatic carbocycles. The Balaban J connectivity index is 2.26. The van der Waals surface area contributed by atoms with E-state index in [1.807, 2.05) is 12.1 Å². The molecule has 0 aromatic heterocycles. The molecule has 4 heteroatoms. The van der Waals surface area contributed by atoms with Gasteiger partial charge in [-0.25, -0.2) is 4.39 Å². The highest BCUT2D eigenvalue weighted by atomic mass is 127. The number of carbonyl (C=O) groups is 1. The smallest absolute Gasteiger partial charge is 0.150 e. The third-order valence-electron chi connectivity index (χ3n) is 2.08. The van der Waals surface area contributed by atoms with Crippen molar-refractivity contribution in [3.63, 3.8) is 0 Å². The number of aldehydes is 1. The van der Waals surface area contributed by atoms with Crippen molar-refractivity contribution >= 4 is 28.9 Å². The van der Waals surface area contributed by atoms with Crippen molar-refractivity contribution in [3.8, 4) is 11.5 Å². The summed E-state index contributed by atoms with van der Waals surface area (Å²) in [5, 5.41) is 0. The molecule has 2 nitrogen and oxygen atoms in total. The Labute approximate surface area is 112 Å². The van der Waals surface area contributed by atoms with Crippen LogP contribution in [0, 0.1) is 9.39 Å². The summed E-state index contributed by atoms with van der Waals surface area (Å²) < 4.78 is 19.7. The van der Waals surface area contributed by atoms with Gasteiger partial charge in [0.15, 0.2) is 0 Å². The Kier molecular flexibility index (Phi) is 3.73. The first kappa shape index (κ1) is 12.0. The fourth-order valence-electron chi connectivity index (χ4n) is 1.35. The average molecular weight is 342 g/mol. The molecule has 0 fully saturated rings. The van der Waals surface area contributed by atoms with Crippen LogP contribution in [0.15, 0.2) is 42.5 Å². The van der Waals surface area contributed by atoms with Gasteiger partial charge >= 0.3 is 0 Å². The van der Waals surface area contributed by atoms with E-state index in [0.29, 0.717) is 17.8 Å². The highest BCUT2D eigenvalue weighted by Gasteiger charge is 2.02. The van der Waals surface area contributed by atoms with Gasteiger partial charge in [-0.1, -0.05) is 0 Å². The summed E-state index contributed by atoms with van der Waals surface area (Å²) in [7, 11) is 0. The van der Waals surface area contributed by atoms with Crippen molar-refractivity contribution in [2.45, 2.75) is 0 Å². The van der Waals surface area contributed by atoms with E-state index >= 15 is 0 Å². The fraction of sp³-hybridized carbons (Fsp3) is 0. The molecule has 0 radical (unpaired) electrons. The topological polar surface area (TPSA) is 26.3 Å². The molecule has 0 amide bonds. The lowest BCUT2D eigenvalue weighted by molar-refractivity contribution is 0.112. The summed E-state index contributed by atoms with van der Waals surface area (Å²) in [6, 6.07) is 11.2. The van der Waals surface area contributed by atoms with Gasteiger partial charge in [-0.05, 0) is 59.0 Å². The second-order valence-electron chi connectivity index (χ2n) is 3.39. The molecule has 0 bridgehead atoms. The Morgan fingerprint density at radius 2 is 1.76 bits per heavy atom. The quantitative estimate of drug-likeness (QED) is 0.622. The monoisotopic (exact) mass is 342 g/mol. The van der Waals surface area contributed by atoms with Crippen LogP contribution in [-0.4, -0.2) is 6.29 Å². The predicted molar refractivity (Wildman–Crippen MR) is 71.0 cm³/mol. The number of carbonyl (C=O) groups excluding carboxylic acids is 1. The lowest BCUT2D eigenvalue weighted by atomic mass is 10.2. The molecule has 0 saturated heterocycles. The number of hydrogen-bond donors (Lipinski definition) is 0. The van der Waals surface area contributed by atoms with Crippen LogP contribution >= 0.6 is 22.6 Å². The molecule has 2 aromatic rings. The van der Waals surface area contributed by atoms with Crippen molar-refractivity contribution in [3.05, 3.63) is 57.4 Å². The minimum absolute atomic E-state index is 0.255. The average Bonchev–Trinajstić information content (AvgIpc) is 2.31. The van der Waals surface area contributed by atoms with Crippen LogP contribution in [0.4, 0.5) is 4.39 Å². The second-order valence-corrected chi connectivity index (χ2v) is 4.64. The molecular formula is C13H8FIO2. The maximum atomic E-state index is 13.1. The minimum Gasteiger partial charge on any atom is -0.457 e. The van der Waals surface area contributed by atoms with Crippen molar-refractivity contribution < 1.29 is 13.9 Å². The molecular weight excluding hydrogens is 334 g/mol. The first-order chi connectivity index (χ1) is 8.17. The summed E-state index contributed by atoms with van der Waals surface area (Å²) in [5.41, 5.74) is 0.255. The van der Waals surface area contributed by atoms with Gasteiger partial charge in [-0.15, -0.1) is 0 Å². The van der Waals surface area contributed by atoms with Gasteiger partial charge in [-0.3, -0.25) is 4.79 Å². The molecule has 0 atom stereocenters. The van der Waals surface area contributed by atoms with Crippen LogP contribution in [0.2, 0.25) is 0 Å². The maximum absolute atomic E-state index is 13.1. The van der Waals surface area contributed by atoms with Gasteiger partial charge < -0.3 is 4.74 Å².